The standard InChI is InChI=1S/C8H8N4S/c9-6-1-2-7(11-5-6)12-4-3-10-8(12)13/h1-5H,9H2,(H,10,13). The zero-order valence-corrected chi connectivity index (χ0v) is 7.58. The summed E-state index contributed by atoms with van der Waals surface area (Å²) >= 11 is 5.04. The van der Waals surface area contributed by atoms with Crippen LogP contribution in [0.3, 0.4) is 0 Å². The fourth-order valence-electron chi connectivity index (χ4n) is 1.04. The topological polar surface area (TPSA) is 59.6 Å². The quantitative estimate of drug-likeness (QED) is 0.673. The second kappa shape index (κ2) is 3.02. The van der Waals surface area contributed by atoms with Crippen molar-refractivity contribution in [1.29, 1.82) is 0 Å². The Morgan fingerprint density at radius 2 is 2.31 bits per heavy atom. The molecule has 2 heterocycles. The fourth-order valence-corrected chi connectivity index (χ4v) is 1.26. The molecule has 2 aromatic rings. The molecule has 0 bridgehead atoms. The molecular formula is C8H8N4S. The molecule has 0 unspecified atom stereocenters. The van der Waals surface area contributed by atoms with Crippen molar-refractivity contribution in [1.82, 2.24) is 14.5 Å². The van der Waals surface area contributed by atoms with Crippen LogP contribution >= 0.6 is 12.2 Å². The molecular weight excluding hydrogens is 184 g/mol. The molecule has 0 saturated carbocycles. The molecule has 0 aliphatic carbocycles. The third kappa shape index (κ3) is 1.46. The maximum atomic E-state index is 5.51. The van der Waals surface area contributed by atoms with Crippen molar-refractivity contribution in [2.45, 2.75) is 0 Å². The lowest BCUT2D eigenvalue weighted by molar-refractivity contribution is 0.975. The van der Waals surface area contributed by atoms with E-state index in [2.05, 4.69) is 9.97 Å². The first-order valence-electron chi connectivity index (χ1n) is 3.75. The van der Waals surface area contributed by atoms with Crippen LogP contribution in [0.5, 0.6) is 0 Å². The summed E-state index contributed by atoms with van der Waals surface area (Å²) in [7, 11) is 0. The number of nitrogen functional groups attached to an aromatic ring is 1. The monoisotopic (exact) mass is 192 g/mol. The van der Waals surface area contributed by atoms with Gasteiger partial charge in [0.1, 0.15) is 5.82 Å². The van der Waals surface area contributed by atoms with Gasteiger partial charge in [-0.3, -0.25) is 4.57 Å². The number of nitrogens with one attached hydrogen (secondary N) is 1. The molecule has 4 nitrogen and oxygen atoms in total. The average molecular weight is 192 g/mol. The van der Waals surface area contributed by atoms with Gasteiger partial charge in [-0.15, -0.1) is 0 Å². The van der Waals surface area contributed by atoms with Crippen molar-refractivity contribution in [3.8, 4) is 5.82 Å². The number of nitrogens with two attached hydrogens (primary N) is 1. The molecule has 0 saturated heterocycles. The third-order valence-electron chi connectivity index (χ3n) is 1.67. The fraction of sp³-hybridized carbons (Fsp3) is 0. The first kappa shape index (κ1) is 8.00. The Bertz CT molecular complexity index is 453. The minimum atomic E-state index is 0.622. The number of rotatable bonds is 1. The highest BCUT2D eigenvalue weighted by Crippen LogP contribution is 2.06. The summed E-state index contributed by atoms with van der Waals surface area (Å²) in [5.74, 6) is 0.764. The predicted molar refractivity (Wildman–Crippen MR) is 53.2 cm³/mol. The second-order valence-electron chi connectivity index (χ2n) is 2.58. The van der Waals surface area contributed by atoms with Crippen LogP contribution in [0.25, 0.3) is 5.82 Å². The van der Waals surface area contributed by atoms with Crippen molar-refractivity contribution in [3.05, 3.63) is 35.5 Å². The number of H-pyrrole nitrogens is 1. The lowest BCUT2D eigenvalue weighted by Crippen LogP contribution is -1.96. The molecule has 2 rings (SSSR count). The molecule has 0 fully saturated rings. The van der Waals surface area contributed by atoms with Crippen LogP contribution in [0, 0.1) is 4.77 Å². The van der Waals surface area contributed by atoms with E-state index in [0.29, 0.717) is 10.5 Å². The summed E-state index contributed by atoms with van der Waals surface area (Å²) in [5.41, 5.74) is 6.16. The summed E-state index contributed by atoms with van der Waals surface area (Å²) in [4.78, 5) is 7.02. The summed E-state index contributed by atoms with van der Waals surface area (Å²) in [6.45, 7) is 0. The second-order valence-corrected chi connectivity index (χ2v) is 2.97. The Hall–Kier alpha value is -1.62. The zero-order chi connectivity index (χ0) is 9.26. The number of aromatic nitrogens is 3. The van der Waals surface area contributed by atoms with Gasteiger partial charge >= 0.3 is 0 Å². The Morgan fingerprint density at radius 1 is 1.46 bits per heavy atom. The highest BCUT2D eigenvalue weighted by atomic mass is 32.1. The minimum Gasteiger partial charge on any atom is -0.397 e. The summed E-state index contributed by atoms with van der Waals surface area (Å²) in [6, 6.07) is 3.61. The van der Waals surface area contributed by atoms with Crippen LogP contribution < -0.4 is 5.73 Å². The number of aromatic amines is 1. The maximum absolute atomic E-state index is 5.51. The Morgan fingerprint density at radius 3 is 2.85 bits per heavy atom. The normalized spacial score (nSPS) is 10.2. The van der Waals surface area contributed by atoms with E-state index in [-0.39, 0.29) is 0 Å². The largest absolute Gasteiger partial charge is 0.397 e. The van der Waals surface area contributed by atoms with Crippen LogP contribution in [-0.4, -0.2) is 14.5 Å². The molecule has 0 atom stereocenters. The van der Waals surface area contributed by atoms with E-state index in [0.717, 1.165) is 5.82 Å². The summed E-state index contributed by atoms with van der Waals surface area (Å²) in [6.07, 6.45) is 5.19. The predicted octanol–water partition coefficient (Wildman–Crippen LogP) is 1.51. The molecule has 0 aliphatic heterocycles. The zero-order valence-electron chi connectivity index (χ0n) is 6.77. The van der Waals surface area contributed by atoms with Crippen molar-refractivity contribution >= 4 is 17.9 Å². The highest BCUT2D eigenvalue weighted by Gasteiger charge is 1.97. The number of nitrogens with zero attached hydrogens (tertiary/aromatic N) is 2. The van der Waals surface area contributed by atoms with Gasteiger partial charge in [0.25, 0.3) is 0 Å². The molecule has 0 aromatic carbocycles. The van der Waals surface area contributed by atoms with Crippen molar-refractivity contribution in [3.63, 3.8) is 0 Å². The first-order chi connectivity index (χ1) is 6.27. The van der Waals surface area contributed by atoms with E-state index < -0.39 is 0 Å². The van der Waals surface area contributed by atoms with Gasteiger partial charge in [-0.1, -0.05) is 0 Å². The van der Waals surface area contributed by atoms with Crippen LogP contribution in [-0.2, 0) is 0 Å². The van der Waals surface area contributed by atoms with Crippen molar-refractivity contribution in [2.75, 3.05) is 5.73 Å². The average Bonchev–Trinajstić information content (AvgIpc) is 2.53. The van der Waals surface area contributed by atoms with E-state index in [1.807, 2.05) is 12.3 Å². The Labute approximate surface area is 80.0 Å². The SMILES string of the molecule is Nc1ccc(-n2cc[nH]c2=S)nc1. The van der Waals surface area contributed by atoms with E-state index in [4.69, 9.17) is 18.0 Å². The highest BCUT2D eigenvalue weighted by molar-refractivity contribution is 7.71. The number of anilines is 1. The molecule has 2 aromatic heterocycles. The van der Waals surface area contributed by atoms with Gasteiger partial charge in [0.15, 0.2) is 4.77 Å². The minimum absolute atomic E-state index is 0.622. The Balaban J connectivity index is 2.54. The van der Waals surface area contributed by atoms with Crippen LogP contribution in [0.2, 0.25) is 0 Å². The summed E-state index contributed by atoms with van der Waals surface area (Å²) in [5, 5.41) is 0. The van der Waals surface area contributed by atoms with Gasteiger partial charge < -0.3 is 10.7 Å². The molecule has 13 heavy (non-hydrogen) atoms. The van der Waals surface area contributed by atoms with Gasteiger partial charge in [-0.05, 0) is 24.4 Å². The Kier molecular flexibility index (Phi) is 1.86. The molecule has 3 N–H and O–H groups in total. The van der Waals surface area contributed by atoms with E-state index in [1.165, 1.54) is 0 Å². The first-order valence-corrected chi connectivity index (χ1v) is 4.16. The maximum Gasteiger partial charge on any atom is 0.182 e. The molecule has 5 heteroatoms. The molecule has 0 spiro atoms. The summed E-state index contributed by atoms with van der Waals surface area (Å²) < 4.78 is 2.40. The number of hydrogen-bond acceptors (Lipinski definition) is 3. The van der Waals surface area contributed by atoms with Crippen LogP contribution in [0.1, 0.15) is 0 Å². The van der Waals surface area contributed by atoms with E-state index >= 15 is 0 Å². The number of pyridine rings is 1. The number of hydrogen-bond donors (Lipinski definition) is 2. The molecule has 0 aliphatic rings. The lowest BCUT2D eigenvalue weighted by Gasteiger charge is -2.00. The van der Waals surface area contributed by atoms with Crippen molar-refractivity contribution < 1.29 is 0 Å². The molecule has 0 amide bonds. The third-order valence-corrected chi connectivity index (χ3v) is 1.98. The van der Waals surface area contributed by atoms with Gasteiger partial charge in [0, 0.05) is 12.4 Å². The number of imidazole rings is 1. The smallest absolute Gasteiger partial charge is 0.182 e. The van der Waals surface area contributed by atoms with Gasteiger partial charge in [-0.25, -0.2) is 4.98 Å². The van der Waals surface area contributed by atoms with Gasteiger partial charge in [0.2, 0.25) is 0 Å². The van der Waals surface area contributed by atoms with Gasteiger partial charge in [0.05, 0.1) is 11.9 Å². The van der Waals surface area contributed by atoms with E-state index in [1.54, 1.807) is 23.0 Å². The molecule has 66 valence electrons. The van der Waals surface area contributed by atoms with E-state index in [9.17, 15) is 0 Å². The van der Waals surface area contributed by atoms with Crippen molar-refractivity contribution in [2.24, 2.45) is 0 Å². The molecule has 0 radical (unpaired) electrons. The van der Waals surface area contributed by atoms with Crippen LogP contribution in [0.4, 0.5) is 5.69 Å². The lowest BCUT2D eigenvalue weighted by atomic mass is 10.4. The van der Waals surface area contributed by atoms with Crippen LogP contribution in [0.15, 0.2) is 30.7 Å². The van der Waals surface area contributed by atoms with Gasteiger partial charge in [-0.2, -0.15) is 0 Å².